The number of ether oxygens (including phenoxy) is 2. The Morgan fingerprint density at radius 3 is 1.84 bits per heavy atom. The Kier molecular flexibility index (Phi) is 10.5. The Morgan fingerprint density at radius 1 is 0.837 bits per heavy atom. The summed E-state index contributed by atoms with van der Waals surface area (Å²) in [6, 6.07) is 26.7. The van der Waals surface area contributed by atoms with Gasteiger partial charge in [-0.05, 0) is 72.0 Å². The maximum atomic E-state index is 10.9. The molecule has 3 aromatic carbocycles. The first-order valence-corrected chi connectivity index (χ1v) is 16.9. The molecule has 0 aliphatic carbocycles. The number of benzene rings is 3. The second kappa shape index (κ2) is 14.5. The zero-order chi connectivity index (χ0) is 30.3. The third kappa shape index (κ3) is 8.05. The van der Waals surface area contributed by atoms with Crippen LogP contribution in [0.1, 0.15) is 23.6 Å². The van der Waals surface area contributed by atoms with Crippen LogP contribution in [0.4, 0.5) is 0 Å². The molecular weight excluding hydrogens is 639 g/mol. The van der Waals surface area contributed by atoms with Crippen LogP contribution in [0.5, 0.6) is 5.75 Å². The molecule has 0 saturated heterocycles. The normalized spacial score (nSPS) is 10.9. The summed E-state index contributed by atoms with van der Waals surface area (Å²) in [4.78, 5) is 14.2. The smallest absolute Gasteiger partial charge is 0.341 e. The van der Waals surface area contributed by atoms with Crippen molar-refractivity contribution in [3.63, 3.8) is 0 Å². The van der Waals surface area contributed by atoms with Crippen LogP contribution in [-0.2, 0) is 9.53 Å². The van der Waals surface area contributed by atoms with Gasteiger partial charge in [-0.15, -0.1) is 34.4 Å². The van der Waals surface area contributed by atoms with Gasteiger partial charge in [-0.3, -0.25) is 0 Å². The molecule has 0 radical (unpaired) electrons. The molecule has 0 unspecified atom stereocenters. The van der Waals surface area contributed by atoms with Crippen LogP contribution in [0.25, 0.3) is 26.5 Å². The number of carboxylic acids is 1. The molecule has 2 aromatic heterocycles. The van der Waals surface area contributed by atoms with Crippen LogP contribution in [0.3, 0.4) is 0 Å². The lowest BCUT2D eigenvalue weighted by Gasteiger charge is -2.18. The number of rotatable bonds is 12. The van der Waals surface area contributed by atoms with E-state index in [-0.39, 0.29) is 6.61 Å². The summed E-state index contributed by atoms with van der Waals surface area (Å²) in [5.41, 5.74) is 6.23. The van der Waals surface area contributed by atoms with Crippen molar-refractivity contribution in [2.75, 3.05) is 19.0 Å². The van der Waals surface area contributed by atoms with Crippen LogP contribution in [0.15, 0.2) is 100 Å². The van der Waals surface area contributed by atoms with Gasteiger partial charge in [0, 0.05) is 31.0 Å². The van der Waals surface area contributed by atoms with Crippen LogP contribution in [-0.4, -0.2) is 30.0 Å². The van der Waals surface area contributed by atoms with E-state index in [0.29, 0.717) is 18.1 Å². The fourth-order valence-corrected chi connectivity index (χ4v) is 7.66. The molecule has 2 heterocycles. The Morgan fingerprint density at radius 2 is 1.40 bits per heavy atom. The van der Waals surface area contributed by atoms with Gasteiger partial charge in [0.15, 0.2) is 6.61 Å². The van der Waals surface area contributed by atoms with Gasteiger partial charge in [0.2, 0.25) is 0 Å². The lowest BCUT2D eigenvalue weighted by Crippen LogP contribution is -2.10. The zero-order valence-corrected chi connectivity index (χ0v) is 27.4. The van der Waals surface area contributed by atoms with Gasteiger partial charge in [0.25, 0.3) is 0 Å². The number of aryl methyl sites for hydroxylation is 1. The summed E-state index contributed by atoms with van der Waals surface area (Å²) < 4.78 is 11.7. The van der Waals surface area contributed by atoms with E-state index < -0.39 is 5.97 Å². The Balaban J connectivity index is 1.49. The van der Waals surface area contributed by atoms with Crippen molar-refractivity contribution in [2.45, 2.75) is 18.7 Å². The number of halogens is 2. The Labute approximate surface area is 273 Å². The Bertz CT molecular complexity index is 1650. The van der Waals surface area contributed by atoms with Crippen LogP contribution < -0.4 is 4.74 Å². The van der Waals surface area contributed by atoms with Crippen molar-refractivity contribution in [1.82, 2.24) is 0 Å². The van der Waals surface area contributed by atoms with Gasteiger partial charge in [-0.25, -0.2) is 4.79 Å². The second-order valence-electron chi connectivity index (χ2n) is 9.54. The summed E-state index contributed by atoms with van der Waals surface area (Å²) in [5, 5.41) is 14.3. The molecule has 0 fully saturated rings. The van der Waals surface area contributed by atoms with Crippen LogP contribution in [0, 0.1) is 6.92 Å². The van der Waals surface area contributed by atoms with Gasteiger partial charge < -0.3 is 14.6 Å². The van der Waals surface area contributed by atoms with Gasteiger partial charge in [-0.1, -0.05) is 71.7 Å². The topological polar surface area (TPSA) is 55.8 Å². The molecule has 0 aliphatic heterocycles. The monoisotopic (exact) mass is 666 g/mol. The summed E-state index contributed by atoms with van der Waals surface area (Å²) in [6.45, 7) is 4.06. The van der Waals surface area contributed by atoms with Gasteiger partial charge in [0.1, 0.15) is 11.5 Å². The average Bonchev–Trinajstić information content (AvgIpc) is 3.64. The highest BCUT2D eigenvalue weighted by atomic mass is 35.5. The quantitative estimate of drug-likeness (QED) is 0.106. The number of carboxylic acid groups (broad SMARTS) is 1. The molecule has 0 spiro atoms. The number of carbonyl (C=O) groups is 1. The molecule has 5 rings (SSSR count). The standard InChI is InChI=1S/C34H28Cl2O4S3/c1-3-39-30(20-41-28-12-13-29(21(2)14-28)40-17-33(37)38)34(24-8-4-22(5-9-24)31-15-26(35)18-42-31)25-10-6-23(7-11-25)32-16-27(36)19-43-32/h4-16,18-19H,3,17,20H2,1-2H3,(H,37,38). The highest BCUT2D eigenvalue weighted by molar-refractivity contribution is 7.99. The highest BCUT2D eigenvalue weighted by Gasteiger charge is 2.16. The predicted molar refractivity (Wildman–Crippen MR) is 182 cm³/mol. The third-order valence-corrected chi connectivity index (χ3v) is 10.2. The molecule has 220 valence electrons. The highest BCUT2D eigenvalue weighted by Crippen LogP contribution is 2.37. The maximum Gasteiger partial charge on any atom is 0.341 e. The molecule has 0 saturated carbocycles. The largest absolute Gasteiger partial charge is 0.497 e. The molecule has 1 N–H and O–H groups in total. The fourth-order valence-electron chi connectivity index (χ4n) is 4.54. The molecule has 0 aliphatic rings. The van der Waals surface area contributed by atoms with E-state index in [1.165, 1.54) is 0 Å². The van der Waals surface area contributed by atoms with E-state index in [4.69, 9.17) is 37.8 Å². The lowest BCUT2D eigenvalue weighted by atomic mass is 9.95. The summed E-state index contributed by atoms with van der Waals surface area (Å²) in [6.07, 6.45) is 0. The molecule has 9 heteroatoms. The number of thiophene rings is 2. The lowest BCUT2D eigenvalue weighted by molar-refractivity contribution is -0.139. The average molecular weight is 668 g/mol. The van der Waals surface area contributed by atoms with Crippen LogP contribution in [0.2, 0.25) is 10.0 Å². The summed E-state index contributed by atoms with van der Waals surface area (Å²) in [7, 11) is 0. The van der Waals surface area contributed by atoms with E-state index in [0.717, 1.165) is 63.8 Å². The first kappa shape index (κ1) is 31.2. The minimum Gasteiger partial charge on any atom is -0.497 e. The third-order valence-electron chi connectivity index (χ3n) is 6.52. The van der Waals surface area contributed by atoms with E-state index in [1.807, 2.05) is 54.9 Å². The number of aliphatic carboxylic acids is 1. The maximum absolute atomic E-state index is 10.9. The number of hydrogen-bond acceptors (Lipinski definition) is 6. The van der Waals surface area contributed by atoms with Crippen molar-refractivity contribution >= 4 is 69.2 Å². The van der Waals surface area contributed by atoms with E-state index >= 15 is 0 Å². The summed E-state index contributed by atoms with van der Waals surface area (Å²) >= 11 is 17.3. The van der Waals surface area contributed by atoms with E-state index in [1.54, 1.807) is 34.4 Å². The minimum absolute atomic E-state index is 0.370. The van der Waals surface area contributed by atoms with Crippen molar-refractivity contribution in [3.05, 3.63) is 122 Å². The zero-order valence-electron chi connectivity index (χ0n) is 23.4. The molecule has 5 aromatic rings. The minimum atomic E-state index is -1.00. The van der Waals surface area contributed by atoms with Gasteiger partial charge >= 0.3 is 5.97 Å². The molecule has 0 amide bonds. The first-order chi connectivity index (χ1) is 20.8. The molecule has 0 bridgehead atoms. The van der Waals surface area contributed by atoms with Crippen LogP contribution >= 0.6 is 57.6 Å². The van der Waals surface area contributed by atoms with Gasteiger partial charge in [-0.2, -0.15) is 0 Å². The predicted octanol–water partition coefficient (Wildman–Crippen LogP) is 10.8. The molecule has 43 heavy (non-hydrogen) atoms. The van der Waals surface area contributed by atoms with Crippen molar-refractivity contribution < 1.29 is 19.4 Å². The molecule has 0 atom stereocenters. The second-order valence-corrected chi connectivity index (χ2v) is 13.3. The molecule has 4 nitrogen and oxygen atoms in total. The van der Waals surface area contributed by atoms with Gasteiger partial charge in [0.05, 0.1) is 22.4 Å². The first-order valence-electron chi connectivity index (χ1n) is 13.4. The van der Waals surface area contributed by atoms with Crippen molar-refractivity contribution in [2.24, 2.45) is 0 Å². The number of thioether (sulfide) groups is 1. The Hall–Kier alpha value is -3.20. The number of hydrogen-bond donors (Lipinski definition) is 1. The van der Waals surface area contributed by atoms with Crippen molar-refractivity contribution in [1.29, 1.82) is 0 Å². The fraction of sp³-hybridized carbons (Fsp3) is 0.147. The molecular formula is C34H28Cl2O4S3. The van der Waals surface area contributed by atoms with E-state index in [2.05, 4.69) is 48.5 Å². The summed E-state index contributed by atoms with van der Waals surface area (Å²) in [5.74, 6) is 1.03. The SMILES string of the molecule is CCOC(CSc1ccc(OCC(=O)O)c(C)c1)=C(c1ccc(-c2cc(Cl)cs2)cc1)c1ccc(-c2cc(Cl)cs2)cc1. The van der Waals surface area contributed by atoms with Crippen molar-refractivity contribution in [3.8, 4) is 26.6 Å². The van der Waals surface area contributed by atoms with E-state index in [9.17, 15) is 4.79 Å².